The monoisotopic (exact) mass is 399 g/mol. The van der Waals surface area contributed by atoms with E-state index in [0.29, 0.717) is 0 Å². The third-order valence-corrected chi connectivity index (χ3v) is 4.32. The van der Waals surface area contributed by atoms with Gasteiger partial charge >= 0.3 is 24.0 Å². The van der Waals surface area contributed by atoms with E-state index in [4.69, 9.17) is 0 Å². The minimum atomic E-state index is -6.12. The molecule has 0 radical (unpaired) electrons. The van der Waals surface area contributed by atoms with Crippen molar-refractivity contribution in [3.8, 4) is 0 Å². The Kier molecular flexibility index (Phi) is 5.21. The fraction of sp³-hybridized carbons (Fsp3) is 0.500. The minimum Gasteiger partial charge on any atom is -0.337 e. The lowest BCUT2D eigenvalue weighted by molar-refractivity contribution is -0.469. The second-order valence-corrected chi connectivity index (χ2v) is 6.19. The molecule has 1 atom stereocenters. The van der Waals surface area contributed by atoms with Crippen LogP contribution in [0.25, 0.3) is 0 Å². The second kappa shape index (κ2) is 6.70. The highest BCUT2D eigenvalue weighted by molar-refractivity contribution is 5.91. The largest absolute Gasteiger partial charge is 0.449 e. The van der Waals surface area contributed by atoms with Gasteiger partial charge in [-0.15, -0.1) is 5.06 Å². The molecular weight excluding hydrogens is 384 g/mol. The molecule has 0 bridgehead atoms. The summed E-state index contributed by atoms with van der Waals surface area (Å²) in [7, 11) is 0. The normalized spacial score (nSPS) is 23.3. The Morgan fingerprint density at radius 1 is 1.15 bits per heavy atom. The van der Waals surface area contributed by atoms with Gasteiger partial charge in [0.2, 0.25) is 0 Å². The third-order valence-electron chi connectivity index (χ3n) is 4.32. The quantitative estimate of drug-likeness (QED) is 0.725. The van der Waals surface area contributed by atoms with Crippen molar-refractivity contribution in [2.75, 3.05) is 6.61 Å². The summed E-state index contributed by atoms with van der Waals surface area (Å²) in [5.41, 5.74) is -7.18. The number of benzene rings is 1. The van der Waals surface area contributed by atoms with Gasteiger partial charge in [0.1, 0.15) is 0 Å². The lowest BCUT2D eigenvalue weighted by Crippen LogP contribution is -2.75. The highest BCUT2D eigenvalue weighted by Crippen LogP contribution is 2.52. The van der Waals surface area contributed by atoms with E-state index in [1.54, 1.807) is 0 Å². The number of nitrogens with zero attached hydrogens (tertiary/aromatic N) is 1. The highest BCUT2D eigenvalue weighted by atomic mass is 19.4. The van der Waals surface area contributed by atoms with Crippen molar-refractivity contribution in [1.29, 1.82) is 0 Å². The number of ether oxygens (including phenoxy) is 1. The maximum absolute atomic E-state index is 13.5. The van der Waals surface area contributed by atoms with Crippen LogP contribution in [0.1, 0.15) is 30.6 Å². The molecule has 1 unspecified atom stereocenters. The van der Waals surface area contributed by atoms with Gasteiger partial charge in [0.15, 0.2) is 0 Å². The van der Waals surface area contributed by atoms with Crippen molar-refractivity contribution in [1.82, 2.24) is 5.06 Å². The summed E-state index contributed by atoms with van der Waals surface area (Å²) in [4.78, 5) is 29.0. The van der Waals surface area contributed by atoms with Crippen LogP contribution in [-0.4, -0.2) is 41.6 Å². The Bertz CT molecular complexity index is 704. The van der Waals surface area contributed by atoms with Crippen LogP contribution in [0.15, 0.2) is 30.3 Å². The maximum Gasteiger partial charge on any atom is 0.449 e. The van der Waals surface area contributed by atoms with Gasteiger partial charge in [-0.2, -0.15) is 26.3 Å². The van der Waals surface area contributed by atoms with Crippen molar-refractivity contribution in [3.63, 3.8) is 0 Å². The molecule has 0 aliphatic carbocycles. The summed E-state index contributed by atoms with van der Waals surface area (Å²) in [6.45, 7) is 1.35. The summed E-state index contributed by atoms with van der Waals surface area (Å²) in [6, 6.07) is 6.33. The van der Waals surface area contributed by atoms with E-state index in [-0.39, 0.29) is 12.0 Å². The van der Waals surface area contributed by atoms with Crippen LogP contribution in [-0.2, 0) is 14.4 Å². The molecule has 2 rings (SSSR count). The SMILES string of the molecule is CCC1(C)COC(C(F)(F)F)(C(F)(F)F)N(OC(=O)c2ccccc2)C1=O. The minimum absolute atomic E-state index is 0.142. The maximum atomic E-state index is 13.5. The van der Waals surface area contributed by atoms with Crippen LogP contribution in [0.3, 0.4) is 0 Å². The average Bonchev–Trinajstić information content (AvgIpc) is 2.57. The van der Waals surface area contributed by atoms with Gasteiger partial charge in [0.25, 0.3) is 5.91 Å². The van der Waals surface area contributed by atoms with Crippen molar-refractivity contribution >= 4 is 11.9 Å². The number of hydroxylamine groups is 2. The van der Waals surface area contributed by atoms with E-state index in [9.17, 15) is 35.9 Å². The van der Waals surface area contributed by atoms with Gasteiger partial charge in [-0.3, -0.25) is 4.79 Å². The van der Waals surface area contributed by atoms with Gasteiger partial charge in [0.05, 0.1) is 17.6 Å². The molecule has 1 aliphatic heterocycles. The van der Waals surface area contributed by atoms with Crippen LogP contribution in [0, 0.1) is 5.41 Å². The van der Waals surface area contributed by atoms with E-state index >= 15 is 0 Å². The van der Waals surface area contributed by atoms with Gasteiger partial charge in [0, 0.05) is 0 Å². The zero-order valence-corrected chi connectivity index (χ0v) is 14.1. The van der Waals surface area contributed by atoms with E-state index in [1.165, 1.54) is 25.1 Å². The molecule has 1 fully saturated rings. The summed E-state index contributed by atoms with van der Waals surface area (Å²) in [6.07, 6.45) is -12.4. The topological polar surface area (TPSA) is 55.8 Å². The smallest absolute Gasteiger partial charge is 0.337 e. The first kappa shape index (κ1) is 21.0. The van der Waals surface area contributed by atoms with Crippen LogP contribution in [0.2, 0.25) is 0 Å². The lowest BCUT2D eigenvalue weighted by Gasteiger charge is -2.49. The molecule has 1 saturated heterocycles. The van der Waals surface area contributed by atoms with Crippen molar-refractivity contribution < 1.29 is 45.5 Å². The predicted octanol–water partition coefficient (Wildman–Crippen LogP) is 3.85. The van der Waals surface area contributed by atoms with Gasteiger partial charge in [-0.25, -0.2) is 4.79 Å². The molecule has 1 aliphatic rings. The Balaban J connectivity index is 2.58. The zero-order valence-electron chi connectivity index (χ0n) is 14.1. The number of carbonyl (C=O) groups excluding carboxylic acids is 2. The lowest BCUT2D eigenvalue weighted by atomic mass is 9.84. The summed E-state index contributed by atoms with van der Waals surface area (Å²) in [5, 5.41) is -1.02. The van der Waals surface area contributed by atoms with Gasteiger partial charge in [-0.05, 0) is 25.5 Å². The molecule has 27 heavy (non-hydrogen) atoms. The predicted molar refractivity (Wildman–Crippen MR) is 77.9 cm³/mol. The summed E-state index contributed by atoms with van der Waals surface area (Å²) < 4.78 is 85.2. The number of amides is 1. The Morgan fingerprint density at radius 2 is 1.67 bits per heavy atom. The molecule has 1 amide bonds. The van der Waals surface area contributed by atoms with Crippen molar-refractivity contribution in [2.45, 2.75) is 38.3 Å². The zero-order chi connectivity index (χ0) is 20.7. The number of halogens is 6. The number of rotatable bonds is 3. The molecule has 11 heteroatoms. The third kappa shape index (κ3) is 3.35. The van der Waals surface area contributed by atoms with Crippen molar-refractivity contribution in [3.05, 3.63) is 35.9 Å². The van der Waals surface area contributed by atoms with E-state index < -0.39 is 47.0 Å². The fourth-order valence-corrected chi connectivity index (χ4v) is 2.40. The number of alkyl halides is 6. The van der Waals surface area contributed by atoms with Crippen molar-refractivity contribution in [2.24, 2.45) is 5.41 Å². The number of hydrogen-bond acceptors (Lipinski definition) is 4. The van der Waals surface area contributed by atoms with Crippen LogP contribution in [0.4, 0.5) is 26.3 Å². The summed E-state index contributed by atoms with van der Waals surface area (Å²) >= 11 is 0. The van der Waals surface area contributed by atoms with E-state index in [2.05, 4.69) is 9.57 Å². The molecule has 1 aromatic carbocycles. The fourth-order valence-electron chi connectivity index (χ4n) is 2.40. The second-order valence-electron chi connectivity index (χ2n) is 6.19. The molecule has 5 nitrogen and oxygen atoms in total. The Hall–Kier alpha value is -2.30. The molecule has 0 saturated carbocycles. The standard InChI is InChI=1S/C16H15F6NO4/c1-3-13(2)9-26-14(15(17,18)19,16(20,21)22)23(12(13)25)27-11(24)10-7-5-4-6-8-10/h4-8H,3,9H2,1-2H3. The molecular formula is C16H15F6NO4. The average molecular weight is 399 g/mol. The Labute approximate surface area is 149 Å². The van der Waals surface area contributed by atoms with Gasteiger partial charge < -0.3 is 9.57 Å². The molecule has 0 aromatic heterocycles. The number of carbonyl (C=O) groups is 2. The van der Waals surface area contributed by atoms with Crippen LogP contribution < -0.4 is 0 Å². The van der Waals surface area contributed by atoms with E-state index in [0.717, 1.165) is 19.1 Å². The van der Waals surface area contributed by atoms with Gasteiger partial charge in [-0.1, -0.05) is 25.1 Å². The first-order valence-corrected chi connectivity index (χ1v) is 7.69. The number of hydrogen-bond donors (Lipinski definition) is 0. The van der Waals surface area contributed by atoms with E-state index in [1.807, 2.05) is 0 Å². The molecule has 0 spiro atoms. The highest BCUT2D eigenvalue weighted by Gasteiger charge is 2.81. The van der Waals surface area contributed by atoms with Crippen LogP contribution in [0.5, 0.6) is 0 Å². The van der Waals surface area contributed by atoms with Crippen LogP contribution >= 0.6 is 0 Å². The molecule has 1 heterocycles. The molecule has 150 valence electrons. The first-order chi connectivity index (χ1) is 12.3. The summed E-state index contributed by atoms with van der Waals surface area (Å²) in [5.74, 6) is -3.22. The molecule has 0 N–H and O–H groups in total. The first-order valence-electron chi connectivity index (χ1n) is 7.69. The molecule has 1 aromatic rings. The Morgan fingerprint density at radius 3 is 2.11 bits per heavy atom.